The SMILES string of the molecule is CCc1ccsc1C(=O)c1c(Cl)cc(Cl)cc1Cl. The molecule has 1 nitrogen and oxygen atoms in total. The van der Waals surface area contributed by atoms with Crippen molar-refractivity contribution in [3.8, 4) is 0 Å². The molecule has 0 radical (unpaired) electrons. The third-order valence-electron chi connectivity index (χ3n) is 2.57. The summed E-state index contributed by atoms with van der Waals surface area (Å²) in [7, 11) is 0. The Kier molecular flexibility index (Phi) is 4.33. The zero-order valence-electron chi connectivity index (χ0n) is 9.47. The van der Waals surface area contributed by atoms with Gasteiger partial charge < -0.3 is 0 Å². The van der Waals surface area contributed by atoms with Gasteiger partial charge in [0.25, 0.3) is 0 Å². The van der Waals surface area contributed by atoms with Crippen molar-refractivity contribution in [2.75, 3.05) is 0 Å². The minimum absolute atomic E-state index is 0.145. The van der Waals surface area contributed by atoms with Gasteiger partial charge in [-0.2, -0.15) is 0 Å². The van der Waals surface area contributed by atoms with E-state index in [9.17, 15) is 4.79 Å². The Balaban J connectivity index is 2.53. The van der Waals surface area contributed by atoms with Crippen LogP contribution in [0.1, 0.15) is 27.7 Å². The van der Waals surface area contributed by atoms with Gasteiger partial charge in [0.1, 0.15) is 0 Å². The lowest BCUT2D eigenvalue weighted by molar-refractivity contribution is 0.104. The number of hydrogen-bond donors (Lipinski definition) is 0. The van der Waals surface area contributed by atoms with Crippen LogP contribution >= 0.6 is 46.1 Å². The zero-order chi connectivity index (χ0) is 13.3. The van der Waals surface area contributed by atoms with Gasteiger partial charge in [0.05, 0.1) is 20.5 Å². The Hall–Kier alpha value is -0.540. The van der Waals surface area contributed by atoms with Crippen LogP contribution < -0.4 is 0 Å². The Labute approximate surface area is 124 Å². The first-order valence-electron chi connectivity index (χ1n) is 5.30. The number of carbonyl (C=O) groups excluding carboxylic acids is 1. The predicted octanol–water partition coefficient (Wildman–Crippen LogP) is 5.50. The van der Waals surface area contributed by atoms with E-state index in [2.05, 4.69) is 0 Å². The maximum atomic E-state index is 12.4. The molecule has 0 aliphatic carbocycles. The molecule has 2 aromatic rings. The molecule has 0 spiro atoms. The lowest BCUT2D eigenvalue weighted by Crippen LogP contribution is -2.03. The molecule has 2 rings (SSSR count). The largest absolute Gasteiger partial charge is 0.288 e. The van der Waals surface area contributed by atoms with E-state index < -0.39 is 0 Å². The van der Waals surface area contributed by atoms with E-state index in [0.717, 1.165) is 12.0 Å². The first kappa shape index (κ1) is 13.9. The number of ketones is 1. The summed E-state index contributed by atoms with van der Waals surface area (Å²) >= 11 is 19.3. The molecule has 0 fully saturated rings. The minimum Gasteiger partial charge on any atom is -0.288 e. The summed E-state index contributed by atoms with van der Waals surface area (Å²) in [6.45, 7) is 2.00. The lowest BCUT2D eigenvalue weighted by Gasteiger charge is -2.07. The molecule has 0 bridgehead atoms. The molecule has 1 aromatic carbocycles. The summed E-state index contributed by atoms with van der Waals surface area (Å²) in [6, 6.07) is 5.00. The highest BCUT2D eigenvalue weighted by atomic mass is 35.5. The van der Waals surface area contributed by atoms with E-state index in [1.165, 1.54) is 23.5 Å². The van der Waals surface area contributed by atoms with Crippen molar-refractivity contribution in [2.24, 2.45) is 0 Å². The summed E-state index contributed by atoms with van der Waals surface area (Å²) < 4.78 is 0. The quantitative estimate of drug-likeness (QED) is 0.682. The summed E-state index contributed by atoms with van der Waals surface area (Å²) in [5.74, 6) is -0.145. The number of halogens is 3. The van der Waals surface area contributed by atoms with E-state index >= 15 is 0 Å². The first-order valence-corrected chi connectivity index (χ1v) is 7.31. The van der Waals surface area contributed by atoms with Gasteiger partial charge in [-0.1, -0.05) is 41.7 Å². The predicted molar refractivity (Wildman–Crippen MR) is 78.6 cm³/mol. The highest BCUT2D eigenvalue weighted by Gasteiger charge is 2.20. The summed E-state index contributed by atoms with van der Waals surface area (Å²) in [6.07, 6.45) is 0.799. The fourth-order valence-electron chi connectivity index (χ4n) is 1.69. The van der Waals surface area contributed by atoms with E-state index in [0.29, 0.717) is 15.5 Å². The normalized spacial score (nSPS) is 10.7. The molecule has 0 unspecified atom stereocenters. The molecule has 1 heterocycles. The molecule has 0 saturated carbocycles. The maximum absolute atomic E-state index is 12.4. The van der Waals surface area contributed by atoms with Crippen LogP contribution in [0.25, 0.3) is 0 Å². The Morgan fingerprint density at radius 3 is 2.39 bits per heavy atom. The lowest BCUT2D eigenvalue weighted by atomic mass is 10.1. The van der Waals surface area contributed by atoms with Crippen LogP contribution in [0.2, 0.25) is 15.1 Å². The minimum atomic E-state index is -0.145. The average molecular weight is 320 g/mol. The molecular weight excluding hydrogens is 311 g/mol. The van der Waals surface area contributed by atoms with Crippen molar-refractivity contribution in [1.29, 1.82) is 0 Å². The third-order valence-corrected chi connectivity index (χ3v) is 4.34. The van der Waals surface area contributed by atoms with Crippen LogP contribution in [-0.2, 0) is 6.42 Å². The number of thiophene rings is 1. The number of rotatable bonds is 3. The number of aryl methyl sites for hydroxylation is 1. The Morgan fingerprint density at radius 2 is 1.83 bits per heavy atom. The molecular formula is C13H9Cl3OS. The molecule has 5 heteroatoms. The second-order valence-corrected chi connectivity index (χ2v) is 5.87. The number of carbonyl (C=O) groups is 1. The smallest absolute Gasteiger partial charge is 0.206 e. The summed E-state index contributed by atoms with van der Waals surface area (Å²) in [5, 5.41) is 2.88. The highest BCUT2D eigenvalue weighted by molar-refractivity contribution is 7.12. The molecule has 0 aliphatic rings. The fraction of sp³-hybridized carbons (Fsp3) is 0.154. The first-order chi connectivity index (χ1) is 8.54. The standard InChI is InChI=1S/C13H9Cl3OS/c1-2-7-3-4-18-13(7)12(17)11-9(15)5-8(14)6-10(11)16/h3-6H,2H2,1H3. The summed E-state index contributed by atoms with van der Waals surface area (Å²) in [5.41, 5.74) is 1.33. The Morgan fingerprint density at radius 1 is 1.22 bits per heavy atom. The molecule has 0 saturated heterocycles. The molecule has 0 aliphatic heterocycles. The molecule has 0 N–H and O–H groups in total. The number of hydrogen-bond acceptors (Lipinski definition) is 2. The Bertz CT molecular complexity index is 581. The van der Waals surface area contributed by atoms with Crippen LogP contribution in [-0.4, -0.2) is 5.78 Å². The van der Waals surface area contributed by atoms with Crippen molar-refractivity contribution in [2.45, 2.75) is 13.3 Å². The van der Waals surface area contributed by atoms with E-state index in [1.807, 2.05) is 18.4 Å². The van der Waals surface area contributed by atoms with E-state index in [-0.39, 0.29) is 15.8 Å². The van der Waals surface area contributed by atoms with Gasteiger partial charge >= 0.3 is 0 Å². The van der Waals surface area contributed by atoms with Gasteiger partial charge in [-0.15, -0.1) is 11.3 Å². The molecule has 0 amide bonds. The van der Waals surface area contributed by atoms with Crippen LogP contribution in [0, 0.1) is 0 Å². The van der Waals surface area contributed by atoms with Crippen molar-refractivity contribution >= 4 is 51.9 Å². The van der Waals surface area contributed by atoms with Gasteiger partial charge in [-0.25, -0.2) is 0 Å². The van der Waals surface area contributed by atoms with E-state index in [4.69, 9.17) is 34.8 Å². The van der Waals surface area contributed by atoms with Crippen molar-refractivity contribution in [1.82, 2.24) is 0 Å². The second-order valence-electron chi connectivity index (χ2n) is 3.70. The van der Waals surface area contributed by atoms with Gasteiger partial charge in [0.2, 0.25) is 5.78 Å². The van der Waals surface area contributed by atoms with Crippen LogP contribution in [0.3, 0.4) is 0 Å². The molecule has 18 heavy (non-hydrogen) atoms. The molecule has 0 atom stereocenters. The number of benzene rings is 1. The van der Waals surface area contributed by atoms with Crippen LogP contribution in [0.15, 0.2) is 23.6 Å². The van der Waals surface area contributed by atoms with Crippen molar-refractivity contribution in [3.05, 3.63) is 54.7 Å². The van der Waals surface area contributed by atoms with Crippen molar-refractivity contribution in [3.63, 3.8) is 0 Å². The average Bonchev–Trinajstić information content (AvgIpc) is 2.75. The monoisotopic (exact) mass is 318 g/mol. The highest BCUT2D eigenvalue weighted by Crippen LogP contribution is 2.32. The third kappa shape index (κ3) is 2.57. The van der Waals surface area contributed by atoms with Gasteiger partial charge in [-0.05, 0) is 35.6 Å². The second kappa shape index (κ2) is 5.62. The van der Waals surface area contributed by atoms with Crippen LogP contribution in [0.5, 0.6) is 0 Å². The summed E-state index contributed by atoms with van der Waals surface area (Å²) in [4.78, 5) is 13.1. The van der Waals surface area contributed by atoms with Gasteiger partial charge in [-0.3, -0.25) is 4.79 Å². The van der Waals surface area contributed by atoms with Gasteiger partial charge in [0.15, 0.2) is 0 Å². The fourth-order valence-corrected chi connectivity index (χ4v) is 3.62. The van der Waals surface area contributed by atoms with E-state index in [1.54, 1.807) is 0 Å². The van der Waals surface area contributed by atoms with Crippen LogP contribution in [0.4, 0.5) is 0 Å². The van der Waals surface area contributed by atoms with Crippen molar-refractivity contribution < 1.29 is 4.79 Å². The molecule has 1 aromatic heterocycles. The maximum Gasteiger partial charge on any atom is 0.206 e. The topological polar surface area (TPSA) is 17.1 Å². The zero-order valence-corrected chi connectivity index (χ0v) is 12.6. The molecule has 94 valence electrons. The van der Waals surface area contributed by atoms with Gasteiger partial charge in [0, 0.05) is 5.02 Å².